The van der Waals surface area contributed by atoms with E-state index in [0.717, 1.165) is 55.4 Å². The summed E-state index contributed by atoms with van der Waals surface area (Å²) in [6.07, 6.45) is 4.21. The van der Waals surface area contributed by atoms with Gasteiger partial charge in [-0.2, -0.15) is 0 Å². The van der Waals surface area contributed by atoms with Crippen LogP contribution in [-0.4, -0.2) is 25.5 Å². The molecule has 4 heteroatoms. The summed E-state index contributed by atoms with van der Waals surface area (Å²) in [6.45, 7) is 3.01. The van der Waals surface area contributed by atoms with E-state index in [0.29, 0.717) is 0 Å². The first-order chi connectivity index (χ1) is 9.71. The second-order valence-corrected chi connectivity index (χ2v) is 6.43. The van der Waals surface area contributed by atoms with Gasteiger partial charge in [0.2, 0.25) is 5.91 Å². The van der Waals surface area contributed by atoms with Gasteiger partial charge in [-0.05, 0) is 62.4 Å². The van der Waals surface area contributed by atoms with E-state index in [1.54, 1.807) is 0 Å². The molecule has 1 saturated heterocycles. The molecule has 1 unspecified atom stereocenters. The summed E-state index contributed by atoms with van der Waals surface area (Å²) in [4.78, 5) is 12.4. The molecule has 1 saturated carbocycles. The van der Waals surface area contributed by atoms with Crippen molar-refractivity contribution in [3.05, 3.63) is 34.9 Å². The predicted octanol–water partition coefficient (Wildman–Crippen LogP) is 2.49. The predicted molar refractivity (Wildman–Crippen MR) is 81.0 cm³/mol. The molecular weight excluding hydrogens is 272 g/mol. The fraction of sp³-hybridized carbons (Fsp3) is 0.562. The molecule has 0 aromatic heterocycles. The Morgan fingerprint density at radius 3 is 2.70 bits per heavy atom. The number of rotatable bonds is 5. The third-order valence-corrected chi connectivity index (χ3v) is 4.83. The van der Waals surface area contributed by atoms with Crippen LogP contribution in [-0.2, 0) is 10.2 Å². The number of carbonyl (C=O) groups excluding carboxylic acids is 1. The molecule has 1 atom stereocenters. The number of amides is 1. The second-order valence-electron chi connectivity index (χ2n) is 5.99. The molecule has 20 heavy (non-hydrogen) atoms. The Balaban J connectivity index is 1.54. The van der Waals surface area contributed by atoms with Crippen molar-refractivity contribution < 1.29 is 4.79 Å². The Morgan fingerprint density at radius 2 is 2.10 bits per heavy atom. The maximum absolute atomic E-state index is 12.4. The van der Waals surface area contributed by atoms with Crippen LogP contribution in [0, 0.1) is 5.92 Å². The van der Waals surface area contributed by atoms with Crippen molar-refractivity contribution in [3.63, 3.8) is 0 Å². The Hall–Kier alpha value is -1.06. The average Bonchev–Trinajstić information content (AvgIpc) is 3.10. The minimum Gasteiger partial charge on any atom is -0.355 e. The molecule has 3 rings (SSSR count). The molecule has 108 valence electrons. The van der Waals surface area contributed by atoms with Gasteiger partial charge in [0.15, 0.2) is 0 Å². The van der Waals surface area contributed by atoms with E-state index >= 15 is 0 Å². The van der Waals surface area contributed by atoms with E-state index in [9.17, 15) is 4.79 Å². The molecular formula is C16H21ClN2O. The largest absolute Gasteiger partial charge is 0.355 e. The average molecular weight is 293 g/mol. The van der Waals surface area contributed by atoms with Crippen molar-refractivity contribution in [1.82, 2.24) is 10.6 Å². The highest BCUT2D eigenvalue weighted by atomic mass is 35.5. The Morgan fingerprint density at radius 1 is 1.35 bits per heavy atom. The van der Waals surface area contributed by atoms with Crippen molar-refractivity contribution >= 4 is 17.5 Å². The van der Waals surface area contributed by atoms with Crippen LogP contribution in [0.1, 0.15) is 31.2 Å². The van der Waals surface area contributed by atoms with Crippen molar-refractivity contribution in [1.29, 1.82) is 0 Å². The molecule has 3 nitrogen and oxygen atoms in total. The zero-order valence-electron chi connectivity index (χ0n) is 11.6. The van der Waals surface area contributed by atoms with Gasteiger partial charge in [-0.1, -0.05) is 23.7 Å². The van der Waals surface area contributed by atoms with Crippen LogP contribution in [0.4, 0.5) is 0 Å². The molecule has 2 N–H and O–H groups in total. The van der Waals surface area contributed by atoms with Gasteiger partial charge in [0.1, 0.15) is 0 Å². The first-order valence-electron chi connectivity index (χ1n) is 7.46. The zero-order valence-corrected chi connectivity index (χ0v) is 12.4. The lowest BCUT2D eigenvalue weighted by molar-refractivity contribution is -0.123. The molecule has 2 aliphatic rings. The van der Waals surface area contributed by atoms with Crippen LogP contribution in [0.3, 0.4) is 0 Å². The lowest BCUT2D eigenvalue weighted by Gasteiger charge is -2.17. The van der Waals surface area contributed by atoms with Crippen molar-refractivity contribution in [2.24, 2.45) is 5.92 Å². The van der Waals surface area contributed by atoms with Crippen LogP contribution in [0.25, 0.3) is 0 Å². The lowest BCUT2D eigenvalue weighted by atomic mass is 9.95. The van der Waals surface area contributed by atoms with E-state index in [4.69, 9.17) is 11.6 Å². The van der Waals surface area contributed by atoms with E-state index in [1.807, 2.05) is 24.3 Å². The van der Waals surface area contributed by atoms with Crippen LogP contribution in [0.2, 0.25) is 5.02 Å². The van der Waals surface area contributed by atoms with Crippen LogP contribution < -0.4 is 10.6 Å². The quantitative estimate of drug-likeness (QED) is 0.875. The Labute approximate surface area is 125 Å². The fourth-order valence-corrected chi connectivity index (χ4v) is 3.19. The summed E-state index contributed by atoms with van der Waals surface area (Å²) in [5.41, 5.74) is 0.820. The normalized spacial score (nSPS) is 23.6. The van der Waals surface area contributed by atoms with E-state index in [2.05, 4.69) is 10.6 Å². The van der Waals surface area contributed by atoms with Crippen LogP contribution in [0.5, 0.6) is 0 Å². The minimum atomic E-state index is -0.279. The van der Waals surface area contributed by atoms with Gasteiger partial charge in [-0.25, -0.2) is 0 Å². The fourth-order valence-electron chi connectivity index (χ4n) is 3.06. The molecule has 0 spiro atoms. The minimum absolute atomic E-state index is 0.186. The van der Waals surface area contributed by atoms with Gasteiger partial charge in [-0.15, -0.1) is 0 Å². The summed E-state index contributed by atoms with van der Waals surface area (Å²) >= 11 is 5.91. The van der Waals surface area contributed by atoms with Crippen molar-refractivity contribution in [2.45, 2.75) is 31.1 Å². The summed E-state index contributed by atoms with van der Waals surface area (Å²) in [5, 5.41) is 7.21. The number of halogens is 1. The Kier molecular flexibility index (Phi) is 3.99. The molecule has 1 aliphatic heterocycles. The molecule has 1 aromatic rings. The molecule has 1 aliphatic carbocycles. The number of hydrogen-bond donors (Lipinski definition) is 2. The third kappa shape index (κ3) is 2.84. The first-order valence-corrected chi connectivity index (χ1v) is 7.83. The highest BCUT2D eigenvalue weighted by Crippen LogP contribution is 2.48. The SMILES string of the molecule is O=C(NCCC1CCNC1)C1(c2ccc(Cl)cc2)CC1. The highest BCUT2D eigenvalue weighted by Gasteiger charge is 2.50. The first kappa shape index (κ1) is 13.9. The molecule has 0 radical (unpaired) electrons. The highest BCUT2D eigenvalue weighted by molar-refractivity contribution is 6.30. The molecule has 2 fully saturated rings. The number of nitrogens with one attached hydrogen (secondary N) is 2. The molecule has 1 amide bonds. The van der Waals surface area contributed by atoms with Crippen molar-refractivity contribution in [3.8, 4) is 0 Å². The smallest absolute Gasteiger partial charge is 0.230 e. The maximum Gasteiger partial charge on any atom is 0.230 e. The maximum atomic E-state index is 12.4. The number of hydrogen-bond acceptors (Lipinski definition) is 2. The van der Waals surface area contributed by atoms with Gasteiger partial charge in [0.25, 0.3) is 0 Å². The monoisotopic (exact) mass is 292 g/mol. The van der Waals surface area contributed by atoms with Crippen molar-refractivity contribution in [2.75, 3.05) is 19.6 Å². The van der Waals surface area contributed by atoms with Gasteiger partial charge in [-0.3, -0.25) is 4.79 Å². The van der Waals surface area contributed by atoms with Gasteiger partial charge >= 0.3 is 0 Å². The van der Waals surface area contributed by atoms with Crippen LogP contribution >= 0.6 is 11.6 Å². The summed E-state index contributed by atoms with van der Waals surface area (Å²) in [6, 6.07) is 7.70. The van der Waals surface area contributed by atoms with Gasteiger partial charge in [0, 0.05) is 11.6 Å². The zero-order chi connectivity index (χ0) is 14.0. The Bertz CT molecular complexity index is 476. The van der Waals surface area contributed by atoms with Gasteiger partial charge < -0.3 is 10.6 Å². The molecule has 0 bridgehead atoms. The summed E-state index contributed by atoms with van der Waals surface area (Å²) in [5.74, 6) is 0.909. The van der Waals surface area contributed by atoms with E-state index in [1.165, 1.54) is 6.42 Å². The number of carbonyl (C=O) groups is 1. The van der Waals surface area contributed by atoms with Gasteiger partial charge in [0.05, 0.1) is 5.41 Å². The topological polar surface area (TPSA) is 41.1 Å². The second kappa shape index (κ2) is 5.74. The molecule has 1 aromatic carbocycles. The van der Waals surface area contributed by atoms with E-state index in [-0.39, 0.29) is 11.3 Å². The third-order valence-electron chi connectivity index (χ3n) is 4.58. The summed E-state index contributed by atoms with van der Waals surface area (Å²) < 4.78 is 0. The number of benzene rings is 1. The standard InChI is InChI=1S/C16H21ClN2O/c17-14-3-1-13(2-4-14)16(7-8-16)15(20)19-10-6-12-5-9-18-11-12/h1-4,12,18H,5-11H2,(H,19,20). The molecule has 1 heterocycles. The lowest BCUT2D eigenvalue weighted by Crippen LogP contribution is -2.36. The summed E-state index contributed by atoms with van der Waals surface area (Å²) in [7, 11) is 0. The van der Waals surface area contributed by atoms with Crippen LogP contribution in [0.15, 0.2) is 24.3 Å². The van der Waals surface area contributed by atoms with E-state index < -0.39 is 0 Å².